The number of guanidine groups is 1. The first-order chi connectivity index (χ1) is 10.6. The van der Waals surface area contributed by atoms with E-state index in [1.165, 1.54) is 6.07 Å². The van der Waals surface area contributed by atoms with Gasteiger partial charge in [-0.1, -0.05) is 26.0 Å². The third kappa shape index (κ3) is 6.93. The maximum atomic E-state index is 13.4. The lowest BCUT2D eigenvalue weighted by atomic mass is 9.84. The van der Waals surface area contributed by atoms with Gasteiger partial charge in [-0.2, -0.15) is 0 Å². The molecule has 0 aromatic heterocycles. The van der Waals surface area contributed by atoms with Crippen molar-refractivity contribution < 1.29 is 4.39 Å². The molecule has 0 saturated carbocycles. The Bertz CT molecular complexity index is 542. The van der Waals surface area contributed by atoms with Crippen LogP contribution in [0.4, 0.5) is 4.39 Å². The first kappa shape index (κ1) is 23.1. The van der Waals surface area contributed by atoms with Crippen LogP contribution in [0.2, 0.25) is 0 Å². The predicted molar refractivity (Wildman–Crippen MR) is 112 cm³/mol. The quantitative estimate of drug-likeness (QED) is 0.397. The van der Waals surface area contributed by atoms with Crippen LogP contribution in [0.25, 0.3) is 0 Å². The number of hydrogen-bond acceptors (Lipinski definition) is 2. The fourth-order valence-electron chi connectivity index (χ4n) is 1.99. The molecule has 4 nitrogen and oxygen atoms in total. The Morgan fingerprint density at radius 1 is 1.12 bits per heavy atom. The second kappa shape index (κ2) is 9.56. The number of rotatable bonds is 6. The Morgan fingerprint density at radius 2 is 1.71 bits per heavy atom. The van der Waals surface area contributed by atoms with Crippen LogP contribution in [0.3, 0.4) is 0 Å². The summed E-state index contributed by atoms with van der Waals surface area (Å²) in [6, 6.07) is 6.76. The highest BCUT2D eigenvalue weighted by molar-refractivity contribution is 14.0. The van der Waals surface area contributed by atoms with Gasteiger partial charge in [0, 0.05) is 31.1 Å². The number of aliphatic imine (C=N–C) groups is 1. The van der Waals surface area contributed by atoms with Crippen molar-refractivity contribution in [2.24, 2.45) is 4.99 Å². The Kier molecular flexibility index (Phi) is 9.20. The largest absolute Gasteiger partial charge is 0.356 e. The molecule has 0 bridgehead atoms. The number of nitrogens with zero attached hydrogens (tertiary/aromatic N) is 2. The van der Waals surface area contributed by atoms with E-state index in [1.807, 2.05) is 6.07 Å². The molecule has 0 spiro atoms. The number of benzene rings is 1. The standard InChI is InChI=1S/C18H31FN4.HI/c1-17(2,14-9-8-10-15(19)11-14)12-21-16(20-5)22-13-18(3,4)23(6)7;/h8-11H,12-13H2,1-7H3,(H2,20,21,22);1H. The van der Waals surface area contributed by atoms with Crippen LogP contribution in [-0.2, 0) is 5.41 Å². The SMILES string of the molecule is CN=C(NCC(C)(C)c1cccc(F)c1)NCC(C)(C)N(C)C.I. The molecule has 2 N–H and O–H groups in total. The second-order valence-electron chi connectivity index (χ2n) is 7.38. The van der Waals surface area contributed by atoms with E-state index in [9.17, 15) is 4.39 Å². The van der Waals surface area contributed by atoms with Crippen molar-refractivity contribution in [2.45, 2.75) is 38.6 Å². The molecule has 1 aromatic carbocycles. The van der Waals surface area contributed by atoms with Crippen molar-refractivity contribution in [3.8, 4) is 0 Å². The molecular weight excluding hydrogens is 418 g/mol. The zero-order valence-corrected chi connectivity index (χ0v) is 18.2. The third-order valence-corrected chi connectivity index (χ3v) is 4.43. The lowest BCUT2D eigenvalue weighted by Crippen LogP contribution is -2.52. The Labute approximate surface area is 163 Å². The molecule has 0 aliphatic rings. The lowest BCUT2D eigenvalue weighted by Gasteiger charge is -2.33. The fraction of sp³-hybridized carbons (Fsp3) is 0.611. The minimum absolute atomic E-state index is 0. The number of nitrogens with one attached hydrogen (secondary N) is 2. The summed E-state index contributed by atoms with van der Waals surface area (Å²) in [5.74, 6) is 0.551. The summed E-state index contributed by atoms with van der Waals surface area (Å²) in [7, 11) is 5.88. The van der Waals surface area contributed by atoms with Crippen LogP contribution < -0.4 is 10.6 Å². The summed E-state index contributed by atoms with van der Waals surface area (Å²) in [4.78, 5) is 6.44. The average molecular weight is 450 g/mol. The summed E-state index contributed by atoms with van der Waals surface area (Å²) in [5.41, 5.74) is 0.793. The van der Waals surface area contributed by atoms with Gasteiger partial charge in [-0.3, -0.25) is 4.99 Å². The maximum absolute atomic E-state index is 13.4. The van der Waals surface area contributed by atoms with E-state index in [2.05, 4.69) is 62.3 Å². The van der Waals surface area contributed by atoms with Gasteiger partial charge < -0.3 is 15.5 Å². The maximum Gasteiger partial charge on any atom is 0.191 e. The molecular formula is C18H32FIN4. The Morgan fingerprint density at radius 3 is 2.21 bits per heavy atom. The first-order valence-corrected chi connectivity index (χ1v) is 7.96. The van der Waals surface area contributed by atoms with Crippen molar-refractivity contribution in [1.29, 1.82) is 0 Å². The molecule has 0 fully saturated rings. The van der Waals surface area contributed by atoms with Crippen LogP contribution in [0.15, 0.2) is 29.3 Å². The topological polar surface area (TPSA) is 39.7 Å². The highest BCUT2D eigenvalue weighted by Crippen LogP contribution is 2.22. The van der Waals surface area contributed by atoms with Gasteiger partial charge in [-0.25, -0.2) is 4.39 Å². The van der Waals surface area contributed by atoms with Crippen molar-refractivity contribution in [2.75, 3.05) is 34.2 Å². The van der Waals surface area contributed by atoms with Gasteiger partial charge in [-0.05, 0) is 45.6 Å². The van der Waals surface area contributed by atoms with Crippen LogP contribution in [0.5, 0.6) is 0 Å². The molecule has 0 unspecified atom stereocenters. The minimum atomic E-state index is -0.203. The molecule has 0 saturated heterocycles. The van der Waals surface area contributed by atoms with Gasteiger partial charge in [0.05, 0.1) is 0 Å². The fourth-order valence-corrected chi connectivity index (χ4v) is 1.99. The number of likely N-dealkylation sites (N-methyl/N-ethyl adjacent to an activating group) is 1. The third-order valence-electron chi connectivity index (χ3n) is 4.43. The van der Waals surface area contributed by atoms with Crippen LogP contribution in [0.1, 0.15) is 33.3 Å². The summed E-state index contributed by atoms with van der Waals surface area (Å²) in [5, 5.41) is 6.69. The monoisotopic (exact) mass is 450 g/mol. The van der Waals surface area contributed by atoms with E-state index in [0.29, 0.717) is 6.54 Å². The van der Waals surface area contributed by atoms with E-state index in [1.54, 1.807) is 19.2 Å². The van der Waals surface area contributed by atoms with Gasteiger partial charge in [0.25, 0.3) is 0 Å². The van der Waals surface area contributed by atoms with Crippen molar-refractivity contribution in [3.63, 3.8) is 0 Å². The molecule has 1 rings (SSSR count). The minimum Gasteiger partial charge on any atom is -0.356 e. The van der Waals surface area contributed by atoms with Crippen LogP contribution in [0, 0.1) is 5.82 Å². The molecule has 1 aromatic rings. The highest BCUT2D eigenvalue weighted by Gasteiger charge is 2.23. The second-order valence-corrected chi connectivity index (χ2v) is 7.38. The summed E-state index contributed by atoms with van der Waals surface area (Å²) < 4.78 is 13.4. The lowest BCUT2D eigenvalue weighted by molar-refractivity contribution is 0.197. The molecule has 0 radical (unpaired) electrons. The van der Waals surface area contributed by atoms with Gasteiger partial charge >= 0.3 is 0 Å². The Hall–Kier alpha value is -0.890. The number of halogens is 2. The van der Waals surface area contributed by atoms with Crippen molar-refractivity contribution in [3.05, 3.63) is 35.6 Å². The molecule has 0 atom stereocenters. The zero-order chi connectivity index (χ0) is 17.7. The molecule has 138 valence electrons. The van der Waals surface area contributed by atoms with E-state index in [4.69, 9.17) is 0 Å². The smallest absolute Gasteiger partial charge is 0.191 e. The van der Waals surface area contributed by atoms with Gasteiger partial charge in [-0.15, -0.1) is 24.0 Å². The van der Waals surface area contributed by atoms with Crippen molar-refractivity contribution >= 4 is 29.9 Å². The Balaban J connectivity index is 0.00000529. The number of hydrogen-bond donors (Lipinski definition) is 2. The molecule has 0 aliphatic carbocycles. The molecule has 0 amide bonds. The van der Waals surface area contributed by atoms with E-state index < -0.39 is 0 Å². The first-order valence-electron chi connectivity index (χ1n) is 7.96. The van der Waals surface area contributed by atoms with Crippen LogP contribution >= 0.6 is 24.0 Å². The normalized spacial score (nSPS) is 12.8. The van der Waals surface area contributed by atoms with Gasteiger partial charge in [0.15, 0.2) is 5.96 Å². The van der Waals surface area contributed by atoms with Gasteiger partial charge in [0.2, 0.25) is 0 Å². The van der Waals surface area contributed by atoms with Gasteiger partial charge in [0.1, 0.15) is 5.82 Å². The molecule has 0 aliphatic heterocycles. The molecule has 6 heteroatoms. The van der Waals surface area contributed by atoms with E-state index >= 15 is 0 Å². The van der Waals surface area contributed by atoms with E-state index in [-0.39, 0.29) is 40.7 Å². The zero-order valence-electron chi connectivity index (χ0n) is 15.9. The predicted octanol–water partition coefficient (Wildman–Crippen LogP) is 3.23. The van der Waals surface area contributed by atoms with E-state index in [0.717, 1.165) is 18.1 Å². The molecule has 24 heavy (non-hydrogen) atoms. The summed E-state index contributed by atoms with van der Waals surface area (Å²) in [6.07, 6.45) is 0. The summed E-state index contributed by atoms with van der Waals surface area (Å²) >= 11 is 0. The molecule has 0 heterocycles. The van der Waals surface area contributed by atoms with Crippen LogP contribution in [-0.4, -0.2) is 50.6 Å². The highest BCUT2D eigenvalue weighted by atomic mass is 127. The average Bonchev–Trinajstić information content (AvgIpc) is 2.47. The van der Waals surface area contributed by atoms with Crippen molar-refractivity contribution in [1.82, 2.24) is 15.5 Å². The summed E-state index contributed by atoms with van der Waals surface area (Å²) in [6.45, 7) is 9.96.